The first-order valence-corrected chi connectivity index (χ1v) is 10.3. The van der Waals surface area contributed by atoms with Crippen molar-refractivity contribution in [3.05, 3.63) is 59.4 Å². The van der Waals surface area contributed by atoms with E-state index >= 15 is 0 Å². The van der Waals surface area contributed by atoms with Gasteiger partial charge in [0.15, 0.2) is 0 Å². The van der Waals surface area contributed by atoms with Gasteiger partial charge in [0.25, 0.3) is 5.91 Å². The predicted molar refractivity (Wildman–Crippen MR) is 110 cm³/mol. The number of rotatable bonds is 5. The van der Waals surface area contributed by atoms with Crippen molar-refractivity contribution < 1.29 is 9.53 Å². The summed E-state index contributed by atoms with van der Waals surface area (Å²) in [6.07, 6.45) is 7.69. The van der Waals surface area contributed by atoms with Crippen LogP contribution >= 0.6 is 0 Å². The Kier molecular flexibility index (Phi) is 5.91. The minimum absolute atomic E-state index is 0.0904. The zero-order valence-corrected chi connectivity index (χ0v) is 16.6. The average Bonchev–Trinajstić information content (AvgIpc) is 3.23. The molecule has 5 heteroatoms. The molecule has 2 saturated heterocycles. The number of ether oxygens (including phenoxy) is 1. The standard InChI is InChI=1S/C23H29N3O2/c1-17-2-4-21(5-3-17)28-22-7-10-26(11-8-22)23(27)20-13-19(15-25-16-20)12-18-6-9-24-14-18/h2-5,13,15-16,18,22,24H,6-12,14H2,1H3. The normalized spacial score (nSPS) is 20.3. The third kappa shape index (κ3) is 4.71. The van der Waals surface area contributed by atoms with E-state index in [1.807, 2.05) is 29.3 Å². The summed E-state index contributed by atoms with van der Waals surface area (Å²) in [5.74, 6) is 1.66. The molecule has 1 aromatic heterocycles. The zero-order valence-electron chi connectivity index (χ0n) is 16.6. The molecular formula is C23H29N3O2. The maximum Gasteiger partial charge on any atom is 0.255 e. The smallest absolute Gasteiger partial charge is 0.255 e. The average molecular weight is 380 g/mol. The summed E-state index contributed by atoms with van der Waals surface area (Å²) in [5.41, 5.74) is 3.10. The fourth-order valence-corrected chi connectivity index (χ4v) is 4.11. The SMILES string of the molecule is Cc1ccc(OC2CCN(C(=O)c3cncc(CC4CCNC4)c3)CC2)cc1. The third-order valence-corrected chi connectivity index (χ3v) is 5.78. The van der Waals surface area contributed by atoms with Crippen molar-refractivity contribution in [2.75, 3.05) is 26.2 Å². The Morgan fingerprint density at radius 2 is 1.96 bits per heavy atom. The number of aromatic nitrogens is 1. The molecule has 1 aromatic carbocycles. The van der Waals surface area contributed by atoms with E-state index in [0.717, 1.165) is 56.8 Å². The number of amides is 1. The second kappa shape index (κ2) is 8.74. The predicted octanol–water partition coefficient (Wildman–Crippen LogP) is 3.23. The number of likely N-dealkylation sites (tertiary alicyclic amines) is 1. The van der Waals surface area contributed by atoms with Crippen molar-refractivity contribution in [1.82, 2.24) is 15.2 Å². The van der Waals surface area contributed by atoms with Crippen molar-refractivity contribution in [3.8, 4) is 5.75 Å². The van der Waals surface area contributed by atoms with E-state index in [-0.39, 0.29) is 12.0 Å². The molecule has 0 bridgehead atoms. The molecule has 2 fully saturated rings. The van der Waals surface area contributed by atoms with Crippen LogP contribution in [0.1, 0.15) is 40.7 Å². The van der Waals surface area contributed by atoms with Gasteiger partial charge in [0.1, 0.15) is 11.9 Å². The number of piperidine rings is 1. The van der Waals surface area contributed by atoms with E-state index in [2.05, 4.69) is 29.4 Å². The van der Waals surface area contributed by atoms with Gasteiger partial charge in [0.2, 0.25) is 0 Å². The van der Waals surface area contributed by atoms with E-state index in [1.54, 1.807) is 6.20 Å². The number of aryl methyl sites for hydroxylation is 1. The van der Waals surface area contributed by atoms with Gasteiger partial charge in [-0.05, 0) is 62.5 Å². The van der Waals surface area contributed by atoms with E-state index < -0.39 is 0 Å². The lowest BCUT2D eigenvalue weighted by atomic mass is 9.98. The molecule has 0 saturated carbocycles. The summed E-state index contributed by atoms with van der Waals surface area (Å²) in [6.45, 7) is 5.68. The lowest BCUT2D eigenvalue weighted by molar-refractivity contribution is 0.0595. The first kappa shape index (κ1) is 18.9. The molecule has 0 radical (unpaired) electrons. The van der Waals surface area contributed by atoms with E-state index in [4.69, 9.17) is 4.74 Å². The quantitative estimate of drug-likeness (QED) is 0.867. The molecule has 1 atom stereocenters. The second-order valence-corrected chi connectivity index (χ2v) is 8.07. The summed E-state index contributed by atoms with van der Waals surface area (Å²) in [4.78, 5) is 19.2. The van der Waals surface area contributed by atoms with Crippen LogP contribution in [0.2, 0.25) is 0 Å². The fraction of sp³-hybridized carbons (Fsp3) is 0.478. The number of nitrogens with zero attached hydrogens (tertiary/aromatic N) is 2. The number of hydrogen-bond acceptors (Lipinski definition) is 4. The van der Waals surface area contributed by atoms with E-state index in [0.29, 0.717) is 11.5 Å². The van der Waals surface area contributed by atoms with Gasteiger partial charge in [-0.2, -0.15) is 0 Å². The van der Waals surface area contributed by atoms with Gasteiger partial charge in [-0.3, -0.25) is 9.78 Å². The Labute approximate surface area is 167 Å². The first-order chi connectivity index (χ1) is 13.7. The van der Waals surface area contributed by atoms with Gasteiger partial charge in [0.05, 0.1) is 5.56 Å². The Balaban J connectivity index is 1.31. The van der Waals surface area contributed by atoms with Crippen molar-refractivity contribution >= 4 is 5.91 Å². The summed E-state index contributed by atoms with van der Waals surface area (Å²) in [6, 6.07) is 10.2. The minimum atomic E-state index is 0.0904. The van der Waals surface area contributed by atoms with Gasteiger partial charge in [-0.1, -0.05) is 17.7 Å². The highest BCUT2D eigenvalue weighted by molar-refractivity contribution is 5.94. The Morgan fingerprint density at radius 3 is 2.68 bits per heavy atom. The van der Waals surface area contributed by atoms with Gasteiger partial charge in [-0.15, -0.1) is 0 Å². The van der Waals surface area contributed by atoms with Crippen LogP contribution in [-0.4, -0.2) is 48.1 Å². The van der Waals surface area contributed by atoms with Crippen LogP contribution in [0.5, 0.6) is 5.75 Å². The molecule has 1 amide bonds. The van der Waals surface area contributed by atoms with Gasteiger partial charge in [0, 0.05) is 38.3 Å². The van der Waals surface area contributed by atoms with E-state index in [1.165, 1.54) is 12.0 Å². The van der Waals surface area contributed by atoms with Crippen LogP contribution in [-0.2, 0) is 6.42 Å². The molecule has 28 heavy (non-hydrogen) atoms. The lowest BCUT2D eigenvalue weighted by Crippen LogP contribution is -2.41. The third-order valence-electron chi connectivity index (χ3n) is 5.78. The fourth-order valence-electron chi connectivity index (χ4n) is 4.11. The largest absolute Gasteiger partial charge is 0.490 e. The molecule has 5 nitrogen and oxygen atoms in total. The van der Waals surface area contributed by atoms with Crippen molar-refractivity contribution in [2.45, 2.75) is 38.7 Å². The van der Waals surface area contributed by atoms with Crippen LogP contribution in [0, 0.1) is 12.8 Å². The number of carbonyl (C=O) groups is 1. The van der Waals surface area contributed by atoms with Gasteiger partial charge in [-0.25, -0.2) is 0 Å². The summed E-state index contributed by atoms with van der Waals surface area (Å²) in [7, 11) is 0. The molecule has 4 rings (SSSR count). The minimum Gasteiger partial charge on any atom is -0.490 e. The summed E-state index contributed by atoms with van der Waals surface area (Å²) >= 11 is 0. The maximum absolute atomic E-state index is 12.9. The Bertz CT molecular complexity index is 792. The van der Waals surface area contributed by atoms with Crippen molar-refractivity contribution in [1.29, 1.82) is 0 Å². The number of benzene rings is 1. The molecule has 1 unspecified atom stereocenters. The number of carbonyl (C=O) groups excluding carboxylic acids is 1. The van der Waals surface area contributed by atoms with Crippen LogP contribution in [0.25, 0.3) is 0 Å². The highest BCUT2D eigenvalue weighted by Crippen LogP contribution is 2.21. The molecule has 1 N–H and O–H groups in total. The highest BCUT2D eigenvalue weighted by Gasteiger charge is 2.25. The van der Waals surface area contributed by atoms with Crippen molar-refractivity contribution in [2.24, 2.45) is 5.92 Å². The second-order valence-electron chi connectivity index (χ2n) is 8.07. The topological polar surface area (TPSA) is 54.5 Å². The molecule has 2 aliphatic rings. The monoisotopic (exact) mass is 379 g/mol. The Hall–Kier alpha value is -2.40. The molecule has 0 spiro atoms. The van der Waals surface area contributed by atoms with Crippen LogP contribution < -0.4 is 10.1 Å². The molecule has 2 aromatic rings. The maximum atomic E-state index is 12.9. The molecule has 2 aliphatic heterocycles. The van der Waals surface area contributed by atoms with Gasteiger partial charge >= 0.3 is 0 Å². The molecule has 3 heterocycles. The van der Waals surface area contributed by atoms with E-state index in [9.17, 15) is 4.79 Å². The highest BCUT2D eigenvalue weighted by atomic mass is 16.5. The lowest BCUT2D eigenvalue weighted by Gasteiger charge is -2.32. The number of hydrogen-bond donors (Lipinski definition) is 1. The first-order valence-electron chi connectivity index (χ1n) is 10.3. The van der Waals surface area contributed by atoms with Gasteiger partial charge < -0.3 is 15.0 Å². The summed E-state index contributed by atoms with van der Waals surface area (Å²) in [5, 5.41) is 3.40. The number of nitrogens with one attached hydrogen (secondary N) is 1. The van der Waals surface area contributed by atoms with Crippen molar-refractivity contribution in [3.63, 3.8) is 0 Å². The molecule has 0 aliphatic carbocycles. The van der Waals surface area contributed by atoms with Crippen LogP contribution in [0.15, 0.2) is 42.7 Å². The van der Waals surface area contributed by atoms with Crippen LogP contribution in [0.4, 0.5) is 0 Å². The Morgan fingerprint density at radius 1 is 1.18 bits per heavy atom. The van der Waals surface area contributed by atoms with Crippen LogP contribution in [0.3, 0.4) is 0 Å². The molecular weight excluding hydrogens is 350 g/mol. The zero-order chi connectivity index (χ0) is 19.3. The number of pyridine rings is 1. The summed E-state index contributed by atoms with van der Waals surface area (Å²) < 4.78 is 6.08. The molecule has 148 valence electrons.